The Hall–Kier alpha value is -2.06. The zero-order valence-electron chi connectivity index (χ0n) is 13.5. The lowest BCUT2D eigenvalue weighted by atomic mass is 9.99. The van der Waals surface area contributed by atoms with Crippen molar-refractivity contribution < 1.29 is 14.1 Å². The van der Waals surface area contributed by atoms with Gasteiger partial charge in [0.2, 0.25) is 0 Å². The molecule has 0 aliphatic rings. The second-order valence-corrected chi connectivity index (χ2v) is 5.76. The third kappa shape index (κ3) is 3.23. The van der Waals surface area contributed by atoms with Gasteiger partial charge in [-0.3, -0.25) is 0 Å². The van der Waals surface area contributed by atoms with Crippen LogP contribution < -0.4 is 14.4 Å². The van der Waals surface area contributed by atoms with E-state index in [2.05, 4.69) is 6.07 Å². The molecule has 0 saturated carbocycles. The molecule has 116 valence electrons. The molecule has 0 aliphatic heterocycles. The number of nitrogens with zero attached hydrogens (tertiary/aromatic N) is 1. The van der Waals surface area contributed by atoms with E-state index >= 15 is 0 Å². The number of hydrogen-bond donors (Lipinski definition) is 0. The van der Waals surface area contributed by atoms with Gasteiger partial charge in [0.05, 0.1) is 12.8 Å². The molecule has 2 aromatic carbocycles. The predicted molar refractivity (Wildman–Crippen MR) is 89.1 cm³/mol. The van der Waals surface area contributed by atoms with E-state index in [1.165, 1.54) is 4.83 Å². The fraction of sp³-hybridized carbons (Fsp3) is 0.294. The average molecular weight is 317 g/mol. The summed E-state index contributed by atoms with van der Waals surface area (Å²) in [5, 5.41) is 0. The van der Waals surface area contributed by atoms with Crippen molar-refractivity contribution in [2.45, 2.75) is 27.7 Å². The smallest absolute Gasteiger partial charge is 0.318 e. The highest BCUT2D eigenvalue weighted by atomic mass is 31.1. The second kappa shape index (κ2) is 6.80. The monoisotopic (exact) mass is 317 g/mol. The van der Waals surface area contributed by atoms with E-state index in [1.54, 1.807) is 31.4 Å². The van der Waals surface area contributed by atoms with Gasteiger partial charge in [0.25, 0.3) is 0 Å². The van der Waals surface area contributed by atoms with Crippen LogP contribution in [0.15, 0.2) is 30.3 Å². The molecule has 2 aromatic rings. The molecule has 5 heteroatoms. The van der Waals surface area contributed by atoms with E-state index in [0.29, 0.717) is 5.75 Å². The topological polar surface area (TPSA) is 38.8 Å². The quantitative estimate of drug-likeness (QED) is 0.578. The highest BCUT2D eigenvalue weighted by Gasteiger charge is 2.18. The van der Waals surface area contributed by atoms with E-state index in [9.17, 15) is 4.57 Å². The van der Waals surface area contributed by atoms with Gasteiger partial charge in [-0.1, -0.05) is 6.07 Å². The molecule has 0 heterocycles. The minimum Gasteiger partial charge on any atom is -0.497 e. The Morgan fingerprint density at radius 2 is 1.41 bits per heavy atom. The highest BCUT2D eigenvalue weighted by Crippen LogP contribution is 2.34. The van der Waals surface area contributed by atoms with Crippen molar-refractivity contribution in [1.29, 1.82) is 0 Å². The fourth-order valence-corrected chi connectivity index (χ4v) is 2.83. The summed E-state index contributed by atoms with van der Waals surface area (Å²) in [7, 11) is 1.40. The van der Waals surface area contributed by atoms with Gasteiger partial charge in [-0.2, -0.15) is 0 Å². The summed E-state index contributed by atoms with van der Waals surface area (Å²) in [6.07, 6.45) is 0. The SMILES string of the molecule is COc1ccc(ON(P=O)c2c(C)c(C)cc(C)c2C)cc1. The summed E-state index contributed by atoms with van der Waals surface area (Å²) in [5.41, 5.74) is 5.24. The third-order valence-corrected chi connectivity index (χ3v) is 4.27. The van der Waals surface area contributed by atoms with Crippen molar-refractivity contribution in [2.75, 3.05) is 11.9 Å². The number of aryl methyl sites for hydroxylation is 2. The molecule has 0 aliphatic carbocycles. The van der Waals surface area contributed by atoms with Crippen LogP contribution >= 0.6 is 8.61 Å². The summed E-state index contributed by atoms with van der Waals surface area (Å²) in [6, 6.07) is 9.29. The van der Waals surface area contributed by atoms with Gasteiger partial charge in [-0.05, 0) is 74.2 Å². The van der Waals surface area contributed by atoms with Crippen LogP contribution in [0.5, 0.6) is 11.5 Å². The van der Waals surface area contributed by atoms with Crippen molar-refractivity contribution in [3.05, 3.63) is 52.6 Å². The minimum absolute atomic E-state index is 0.216. The standard InChI is InChI=1S/C17H20NO3P/c1-11-10-12(2)14(4)17(13(11)3)18(22-19)21-16-8-6-15(20-5)7-9-16/h6-10H,1-5H3. The number of hydrogen-bond acceptors (Lipinski definition) is 3. The maximum absolute atomic E-state index is 11.6. The molecular weight excluding hydrogens is 297 g/mol. The summed E-state index contributed by atoms with van der Waals surface area (Å²) in [6.45, 7) is 8.09. The summed E-state index contributed by atoms with van der Waals surface area (Å²) < 4.78 is 16.8. The van der Waals surface area contributed by atoms with Crippen LogP contribution in [0.3, 0.4) is 0 Å². The van der Waals surface area contributed by atoms with Crippen LogP contribution in [-0.4, -0.2) is 7.11 Å². The highest BCUT2D eigenvalue weighted by molar-refractivity contribution is 7.25. The molecule has 0 fully saturated rings. The van der Waals surface area contributed by atoms with Gasteiger partial charge in [0.15, 0.2) is 5.75 Å². The Morgan fingerprint density at radius 1 is 0.909 bits per heavy atom. The van der Waals surface area contributed by atoms with Crippen molar-refractivity contribution in [1.82, 2.24) is 0 Å². The van der Waals surface area contributed by atoms with Gasteiger partial charge in [-0.15, -0.1) is 4.83 Å². The lowest BCUT2D eigenvalue weighted by Crippen LogP contribution is -2.18. The van der Waals surface area contributed by atoms with Gasteiger partial charge < -0.3 is 9.57 Å². The Balaban J connectivity index is 2.38. The zero-order chi connectivity index (χ0) is 16.3. The summed E-state index contributed by atoms with van der Waals surface area (Å²) in [5.74, 6) is 1.35. The van der Waals surface area contributed by atoms with Gasteiger partial charge >= 0.3 is 8.61 Å². The van der Waals surface area contributed by atoms with Crippen LogP contribution in [0.25, 0.3) is 0 Å². The first-order valence-electron chi connectivity index (χ1n) is 7.00. The van der Waals surface area contributed by atoms with Crippen LogP contribution in [0.1, 0.15) is 22.3 Å². The lowest BCUT2D eigenvalue weighted by molar-refractivity contribution is 0.342. The Morgan fingerprint density at radius 3 is 1.86 bits per heavy atom. The maximum atomic E-state index is 11.6. The second-order valence-electron chi connectivity index (χ2n) is 5.23. The molecule has 0 unspecified atom stereocenters. The van der Waals surface area contributed by atoms with Crippen molar-refractivity contribution in [2.24, 2.45) is 0 Å². The van der Waals surface area contributed by atoms with Crippen molar-refractivity contribution in [3.8, 4) is 11.5 Å². The van der Waals surface area contributed by atoms with Gasteiger partial charge in [-0.25, -0.2) is 4.57 Å². The zero-order valence-corrected chi connectivity index (χ0v) is 14.4. The molecule has 0 atom stereocenters. The molecule has 0 aromatic heterocycles. The lowest BCUT2D eigenvalue weighted by Gasteiger charge is -2.23. The Kier molecular flexibility index (Phi) is 5.04. The van der Waals surface area contributed by atoms with E-state index in [1.807, 2.05) is 27.7 Å². The third-order valence-electron chi connectivity index (χ3n) is 3.84. The molecule has 0 spiro atoms. The van der Waals surface area contributed by atoms with Gasteiger partial charge in [0.1, 0.15) is 5.75 Å². The van der Waals surface area contributed by atoms with E-state index in [4.69, 9.17) is 9.57 Å². The normalized spacial score (nSPS) is 10.6. The number of anilines is 1. The molecule has 0 saturated heterocycles. The van der Waals surface area contributed by atoms with Gasteiger partial charge in [0, 0.05) is 0 Å². The maximum Gasteiger partial charge on any atom is 0.318 e. The van der Waals surface area contributed by atoms with E-state index < -0.39 is 0 Å². The fourth-order valence-electron chi connectivity index (χ4n) is 2.32. The van der Waals surface area contributed by atoms with Crippen LogP contribution in [0.2, 0.25) is 0 Å². The van der Waals surface area contributed by atoms with Crippen molar-refractivity contribution in [3.63, 3.8) is 0 Å². The average Bonchev–Trinajstić information content (AvgIpc) is 2.52. The first-order chi connectivity index (χ1) is 10.5. The molecule has 0 radical (unpaired) electrons. The number of methoxy groups -OCH3 is 1. The Labute approximate surface area is 132 Å². The number of rotatable bonds is 5. The van der Waals surface area contributed by atoms with Crippen molar-refractivity contribution >= 4 is 14.3 Å². The molecule has 0 N–H and O–H groups in total. The molecule has 22 heavy (non-hydrogen) atoms. The van der Waals surface area contributed by atoms with Crippen LogP contribution in [-0.2, 0) is 4.57 Å². The molecule has 4 nitrogen and oxygen atoms in total. The summed E-state index contributed by atoms with van der Waals surface area (Å²) >= 11 is 0. The molecule has 2 rings (SSSR count). The predicted octanol–water partition coefficient (Wildman–Crippen LogP) is 4.94. The number of ether oxygens (including phenoxy) is 1. The van der Waals surface area contributed by atoms with E-state index in [0.717, 1.165) is 33.7 Å². The van der Waals surface area contributed by atoms with E-state index in [-0.39, 0.29) is 8.61 Å². The summed E-state index contributed by atoms with van der Waals surface area (Å²) in [4.78, 5) is 7.16. The molecule has 0 bridgehead atoms. The largest absolute Gasteiger partial charge is 0.497 e. The molecular formula is C17H20NO3P. The molecule has 0 amide bonds. The Bertz CT molecular complexity index is 657. The number of benzene rings is 2. The first kappa shape index (κ1) is 16.3. The first-order valence-corrected chi connectivity index (χ1v) is 7.77. The minimum atomic E-state index is -0.216. The van der Waals surface area contributed by atoms with Crippen LogP contribution in [0, 0.1) is 27.7 Å². The van der Waals surface area contributed by atoms with Crippen LogP contribution in [0.4, 0.5) is 5.69 Å².